The maximum atomic E-state index is 4.26. The number of thioether (sulfide) groups is 1. The van der Waals surface area contributed by atoms with Gasteiger partial charge in [-0.2, -0.15) is 0 Å². The second-order valence-electron chi connectivity index (χ2n) is 3.47. The fraction of sp³-hybridized carbons (Fsp3) is 0.250. The first-order valence-electron chi connectivity index (χ1n) is 5.19. The molecule has 0 bridgehead atoms. The van der Waals surface area contributed by atoms with Crippen LogP contribution in [0.5, 0.6) is 0 Å². The second kappa shape index (κ2) is 5.92. The molecule has 2 aromatic rings. The molecule has 16 heavy (non-hydrogen) atoms. The summed E-state index contributed by atoms with van der Waals surface area (Å²) in [5, 5.41) is 5.95. The highest BCUT2D eigenvalue weighted by molar-refractivity contribution is 8.01. The Morgan fingerprint density at radius 3 is 2.88 bits per heavy atom. The van der Waals surface area contributed by atoms with Crippen LogP contribution in [-0.4, -0.2) is 16.8 Å². The summed E-state index contributed by atoms with van der Waals surface area (Å²) in [5.74, 6) is 0. The lowest BCUT2D eigenvalue weighted by atomic mass is 10.3. The van der Waals surface area contributed by atoms with Crippen LogP contribution in [-0.2, 0) is 0 Å². The van der Waals surface area contributed by atoms with Crippen LogP contribution in [0.1, 0.15) is 6.92 Å². The third-order valence-corrected chi connectivity index (χ3v) is 4.10. The van der Waals surface area contributed by atoms with Gasteiger partial charge in [-0.15, -0.1) is 11.3 Å². The summed E-state index contributed by atoms with van der Waals surface area (Å²) in [6.07, 6.45) is 1.85. The van der Waals surface area contributed by atoms with E-state index in [2.05, 4.69) is 29.4 Å². The van der Waals surface area contributed by atoms with Gasteiger partial charge >= 0.3 is 0 Å². The summed E-state index contributed by atoms with van der Waals surface area (Å²) in [6.45, 7) is 3.16. The van der Waals surface area contributed by atoms with E-state index in [1.807, 2.05) is 41.5 Å². The van der Waals surface area contributed by atoms with Gasteiger partial charge in [-0.25, -0.2) is 4.98 Å². The zero-order valence-corrected chi connectivity index (χ0v) is 10.7. The Kier molecular flexibility index (Phi) is 4.25. The average Bonchev–Trinajstić information content (AvgIpc) is 2.81. The molecule has 0 aliphatic carbocycles. The summed E-state index contributed by atoms with van der Waals surface area (Å²) in [5.41, 5.74) is 1.18. The molecule has 1 N–H and O–H groups in total. The summed E-state index contributed by atoms with van der Waals surface area (Å²) < 4.78 is 1.14. The Hall–Kier alpha value is -1.00. The van der Waals surface area contributed by atoms with Gasteiger partial charge in [0.15, 0.2) is 0 Å². The van der Waals surface area contributed by atoms with E-state index >= 15 is 0 Å². The van der Waals surface area contributed by atoms with E-state index in [0.29, 0.717) is 5.25 Å². The maximum Gasteiger partial charge on any atom is 0.150 e. The third-order valence-electron chi connectivity index (χ3n) is 2.08. The average molecular weight is 250 g/mol. The molecule has 2 rings (SSSR count). The molecule has 0 spiro atoms. The lowest BCUT2D eigenvalue weighted by molar-refractivity contribution is 0.996. The molecular formula is C12H14N2S2. The van der Waals surface area contributed by atoms with E-state index < -0.39 is 0 Å². The van der Waals surface area contributed by atoms with E-state index in [0.717, 1.165) is 10.9 Å². The maximum absolute atomic E-state index is 4.26. The predicted octanol–water partition coefficient (Wildman–Crippen LogP) is 3.74. The summed E-state index contributed by atoms with van der Waals surface area (Å²) in [7, 11) is 0. The monoisotopic (exact) mass is 250 g/mol. The molecule has 0 amide bonds. The normalized spacial score (nSPS) is 12.3. The largest absolute Gasteiger partial charge is 0.384 e. The molecule has 0 aliphatic heterocycles. The Balaban J connectivity index is 1.78. The minimum Gasteiger partial charge on any atom is -0.384 e. The Morgan fingerprint density at radius 1 is 1.38 bits per heavy atom. The Bertz CT molecular complexity index is 400. The first-order chi connectivity index (χ1) is 7.84. The molecule has 4 heteroatoms. The van der Waals surface area contributed by atoms with Crippen molar-refractivity contribution in [3.05, 3.63) is 41.9 Å². The van der Waals surface area contributed by atoms with Crippen molar-refractivity contribution in [2.24, 2.45) is 0 Å². The summed E-state index contributed by atoms with van der Waals surface area (Å²) in [4.78, 5) is 4.26. The number of anilines is 1. The van der Waals surface area contributed by atoms with Crippen LogP contribution in [0.3, 0.4) is 0 Å². The van der Waals surface area contributed by atoms with Crippen LogP contribution in [0, 0.1) is 0 Å². The van der Waals surface area contributed by atoms with Gasteiger partial charge in [-0.3, -0.25) is 0 Å². The molecule has 1 aromatic carbocycles. The van der Waals surface area contributed by atoms with Crippen molar-refractivity contribution in [3.8, 4) is 0 Å². The van der Waals surface area contributed by atoms with Crippen molar-refractivity contribution in [2.75, 3.05) is 11.9 Å². The number of para-hydroxylation sites is 1. The summed E-state index contributed by atoms with van der Waals surface area (Å²) in [6, 6.07) is 10.3. The molecule has 1 aromatic heterocycles. The van der Waals surface area contributed by atoms with Gasteiger partial charge in [0, 0.05) is 29.1 Å². The van der Waals surface area contributed by atoms with Gasteiger partial charge in [-0.1, -0.05) is 36.9 Å². The van der Waals surface area contributed by atoms with Gasteiger partial charge in [-0.05, 0) is 12.1 Å². The van der Waals surface area contributed by atoms with Gasteiger partial charge in [0.25, 0.3) is 0 Å². The molecule has 1 heterocycles. The van der Waals surface area contributed by atoms with Gasteiger partial charge in [0.05, 0.1) is 0 Å². The number of rotatable bonds is 5. The quantitative estimate of drug-likeness (QED) is 0.818. The number of aromatic nitrogens is 1. The molecule has 0 saturated carbocycles. The van der Waals surface area contributed by atoms with Crippen LogP contribution in [0.4, 0.5) is 5.69 Å². The van der Waals surface area contributed by atoms with E-state index in [1.165, 1.54) is 5.69 Å². The lowest BCUT2D eigenvalue weighted by Gasteiger charge is -2.11. The first kappa shape index (κ1) is 11.5. The molecule has 1 unspecified atom stereocenters. The molecule has 0 fully saturated rings. The number of benzene rings is 1. The van der Waals surface area contributed by atoms with E-state index in [-0.39, 0.29) is 0 Å². The topological polar surface area (TPSA) is 24.9 Å². The van der Waals surface area contributed by atoms with Crippen LogP contribution in [0.25, 0.3) is 0 Å². The molecule has 1 atom stereocenters. The molecule has 0 saturated heterocycles. The molecular weight excluding hydrogens is 236 g/mol. The van der Waals surface area contributed by atoms with Crippen molar-refractivity contribution in [3.63, 3.8) is 0 Å². The first-order valence-corrected chi connectivity index (χ1v) is 6.95. The van der Waals surface area contributed by atoms with Gasteiger partial charge in [0.2, 0.25) is 0 Å². The smallest absolute Gasteiger partial charge is 0.150 e. The fourth-order valence-electron chi connectivity index (χ4n) is 1.30. The minimum absolute atomic E-state index is 0.520. The van der Waals surface area contributed by atoms with E-state index in [9.17, 15) is 0 Å². The highest BCUT2D eigenvalue weighted by atomic mass is 32.2. The zero-order chi connectivity index (χ0) is 11.2. The Labute approximate surface area is 104 Å². The van der Waals surface area contributed by atoms with Gasteiger partial charge in [0.1, 0.15) is 4.34 Å². The SMILES string of the molecule is CC(CNc1ccccc1)Sc1nccs1. The summed E-state index contributed by atoms with van der Waals surface area (Å²) >= 11 is 3.51. The highest BCUT2D eigenvalue weighted by Crippen LogP contribution is 2.25. The number of hydrogen-bond acceptors (Lipinski definition) is 4. The molecule has 84 valence electrons. The number of nitrogens with one attached hydrogen (secondary N) is 1. The van der Waals surface area contributed by atoms with Crippen molar-refractivity contribution < 1.29 is 0 Å². The molecule has 0 aliphatic rings. The number of nitrogens with zero attached hydrogens (tertiary/aromatic N) is 1. The van der Waals surface area contributed by atoms with Crippen molar-refractivity contribution >= 4 is 28.8 Å². The van der Waals surface area contributed by atoms with Crippen molar-refractivity contribution in [1.29, 1.82) is 0 Å². The predicted molar refractivity (Wildman–Crippen MR) is 72.4 cm³/mol. The van der Waals surface area contributed by atoms with Crippen LogP contribution >= 0.6 is 23.1 Å². The van der Waals surface area contributed by atoms with Crippen LogP contribution in [0.2, 0.25) is 0 Å². The second-order valence-corrected chi connectivity index (χ2v) is 6.05. The minimum atomic E-state index is 0.520. The molecule has 2 nitrogen and oxygen atoms in total. The lowest BCUT2D eigenvalue weighted by Crippen LogP contribution is -2.12. The third kappa shape index (κ3) is 3.54. The number of thiazole rings is 1. The van der Waals surface area contributed by atoms with Gasteiger partial charge < -0.3 is 5.32 Å². The van der Waals surface area contributed by atoms with E-state index in [4.69, 9.17) is 0 Å². The van der Waals surface area contributed by atoms with Crippen molar-refractivity contribution in [1.82, 2.24) is 4.98 Å². The molecule has 0 radical (unpaired) electrons. The van der Waals surface area contributed by atoms with Crippen LogP contribution < -0.4 is 5.32 Å². The number of hydrogen-bond donors (Lipinski definition) is 1. The van der Waals surface area contributed by atoms with Crippen molar-refractivity contribution in [2.45, 2.75) is 16.5 Å². The standard InChI is InChI=1S/C12H14N2S2/c1-10(16-12-13-7-8-15-12)9-14-11-5-3-2-4-6-11/h2-8,10,14H,9H2,1H3. The zero-order valence-electron chi connectivity index (χ0n) is 9.09. The van der Waals surface area contributed by atoms with Crippen LogP contribution in [0.15, 0.2) is 46.2 Å². The highest BCUT2D eigenvalue weighted by Gasteiger charge is 2.05. The Morgan fingerprint density at radius 2 is 2.19 bits per heavy atom. The van der Waals surface area contributed by atoms with E-state index in [1.54, 1.807) is 11.3 Å². The fourth-order valence-corrected chi connectivity index (χ4v) is 3.17.